The number of methoxy groups -OCH3 is 2. The second kappa shape index (κ2) is 9.26. The number of benzene rings is 2. The van der Waals surface area contributed by atoms with Crippen LogP contribution in [0.4, 0.5) is 0 Å². The van der Waals surface area contributed by atoms with Gasteiger partial charge in [0.2, 0.25) is 0 Å². The molecule has 0 saturated carbocycles. The van der Waals surface area contributed by atoms with Crippen molar-refractivity contribution in [2.24, 2.45) is 0 Å². The van der Waals surface area contributed by atoms with Crippen LogP contribution in [0.3, 0.4) is 0 Å². The van der Waals surface area contributed by atoms with E-state index in [9.17, 15) is 4.79 Å². The molecule has 0 aromatic heterocycles. The summed E-state index contributed by atoms with van der Waals surface area (Å²) in [6.45, 7) is 2.48. The van der Waals surface area contributed by atoms with E-state index in [1.165, 1.54) is 0 Å². The second-order valence-corrected chi connectivity index (χ2v) is 5.81. The summed E-state index contributed by atoms with van der Waals surface area (Å²) >= 11 is 0. The highest BCUT2D eigenvalue weighted by atomic mass is 31.1. The van der Waals surface area contributed by atoms with E-state index in [-0.39, 0.29) is 21.2 Å². The maximum atomic E-state index is 12.1. The van der Waals surface area contributed by atoms with Crippen molar-refractivity contribution in [3.63, 3.8) is 0 Å². The molecular formula is C18H21O5P. The van der Waals surface area contributed by atoms with Crippen LogP contribution in [0, 0.1) is 0 Å². The first-order valence-electron chi connectivity index (χ1n) is 7.54. The highest BCUT2D eigenvalue weighted by molar-refractivity contribution is 7.42. The van der Waals surface area contributed by atoms with E-state index in [0.29, 0.717) is 29.4 Å². The highest BCUT2D eigenvalue weighted by Gasteiger charge is 2.15. The zero-order valence-corrected chi connectivity index (χ0v) is 15.0. The Morgan fingerprint density at radius 3 is 2.21 bits per heavy atom. The molecule has 0 aliphatic heterocycles. The average molecular weight is 348 g/mol. The van der Waals surface area contributed by atoms with Gasteiger partial charge in [-0.15, -0.1) is 0 Å². The molecule has 0 bridgehead atoms. The predicted octanol–water partition coefficient (Wildman–Crippen LogP) is 3.22. The third kappa shape index (κ3) is 4.70. The summed E-state index contributed by atoms with van der Waals surface area (Å²) < 4.78 is 21.9. The summed E-state index contributed by atoms with van der Waals surface area (Å²) in [5.74, 6) is 1.65. The highest BCUT2D eigenvalue weighted by Crippen LogP contribution is 2.32. The number of rotatable bonds is 9. The van der Waals surface area contributed by atoms with Gasteiger partial charge in [0.15, 0.2) is 12.4 Å². The quantitative estimate of drug-likeness (QED) is 0.514. The van der Waals surface area contributed by atoms with Gasteiger partial charge in [-0.3, -0.25) is 4.79 Å². The van der Waals surface area contributed by atoms with Crippen LogP contribution < -0.4 is 19.5 Å². The van der Waals surface area contributed by atoms with E-state index in [4.69, 9.17) is 18.7 Å². The summed E-state index contributed by atoms with van der Waals surface area (Å²) in [6, 6.07) is 12.5. The van der Waals surface area contributed by atoms with Gasteiger partial charge >= 0.3 is 0 Å². The van der Waals surface area contributed by atoms with Gasteiger partial charge in [-0.2, -0.15) is 0 Å². The molecule has 2 aromatic rings. The fourth-order valence-corrected chi connectivity index (χ4v) is 2.91. The maximum Gasteiger partial charge on any atom is 0.200 e. The van der Waals surface area contributed by atoms with Gasteiger partial charge in [0.1, 0.15) is 17.2 Å². The lowest BCUT2D eigenvalue weighted by Gasteiger charge is -2.15. The lowest BCUT2D eigenvalue weighted by molar-refractivity contribution is 0.0921. The molecule has 0 amide bonds. The summed E-state index contributed by atoms with van der Waals surface area (Å²) in [5.41, 5.74) is 0.617. The van der Waals surface area contributed by atoms with E-state index < -0.39 is 0 Å². The normalized spacial score (nSPS) is 10.8. The van der Waals surface area contributed by atoms with Gasteiger partial charge in [0.25, 0.3) is 0 Å². The molecule has 1 unspecified atom stereocenters. The SMILES string of the molecule is CCOPc1c(OC)cc(OCC(=O)c2ccccc2)cc1OC. The molecule has 0 spiro atoms. The zero-order chi connectivity index (χ0) is 17.4. The smallest absolute Gasteiger partial charge is 0.200 e. The van der Waals surface area contributed by atoms with Gasteiger partial charge in [-0.1, -0.05) is 30.3 Å². The molecule has 24 heavy (non-hydrogen) atoms. The van der Waals surface area contributed by atoms with Crippen molar-refractivity contribution in [2.75, 3.05) is 27.4 Å². The molecule has 1 atom stereocenters. The molecule has 6 heteroatoms. The van der Waals surface area contributed by atoms with Gasteiger partial charge < -0.3 is 18.7 Å². The Morgan fingerprint density at radius 1 is 1.04 bits per heavy atom. The minimum atomic E-state index is -0.0891. The third-order valence-electron chi connectivity index (χ3n) is 3.26. The standard InChI is InChI=1S/C18H21O5P/c1-4-23-24-18-16(20-2)10-14(11-17(18)21-3)22-12-15(19)13-8-6-5-7-9-13/h5-11,24H,4,12H2,1-3H3. The Hall–Kier alpha value is -2.10. The predicted molar refractivity (Wildman–Crippen MR) is 95.4 cm³/mol. The molecule has 2 aromatic carbocycles. The van der Waals surface area contributed by atoms with E-state index in [0.717, 1.165) is 5.30 Å². The summed E-state index contributed by atoms with van der Waals surface area (Å²) in [4.78, 5) is 12.1. The van der Waals surface area contributed by atoms with Crippen molar-refractivity contribution in [1.82, 2.24) is 0 Å². The number of ether oxygens (including phenoxy) is 3. The molecule has 0 fully saturated rings. The molecule has 0 heterocycles. The van der Waals surface area contributed by atoms with Crippen molar-refractivity contribution >= 4 is 19.9 Å². The first-order valence-corrected chi connectivity index (χ1v) is 8.45. The van der Waals surface area contributed by atoms with E-state index in [2.05, 4.69) is 0 Å². The van der Waals surface area contributed by atoms with Crippen LogP contribution in [-0.4, -0.2) is 33.2 Å². The number of carbonyl (C=O) groups is 1. The molecule has 0 radical (unpaired) electrons. The molecular weight excluding hydrogens is 327 g/mol. The molecule has 0 aliphatic carbocycles. The fraction of sp³-hybridized carbons (Fsp3) is 0.278. The van der Waals surface area contributed by atoms with Crippen LogP contribution in [0.25, 0.3) is 0 Å². The zero-order valence-electron chi connectivity index (χ0n) is 14.0. The summed E-state index contributed by atoms with van der Waals surface area (Å²) in [5, 5.41) is 0.837. The van der Waals surface area contributed by atoms with Crippen molar-refractivity contribution in [2.45, 2.75) is 6.92 Å². The van der Waals surface area contributed by atoms with Gasteiger partial charge in [-0.05, 0) is 6.92 Å². The molecule has 2 rings (SSSR count). The number of carbonyl (C=O) groups excluding carboxylic acids is 1. The number of ketones is 1. The van der Waals surface area contributed by atoms with Crippen molar-refractivity contribution in [1.29, 1.82) is 0 Å². The number of hydrogen-bond acceptors (Lipinski definition) is 5. The summed E-state index contributed by atoms with van der Waals surface area (Å²) in [6.07, 6.45) is 0. The molecule has 0 N–H and O–H groups in total. The third-order valence-corrected chi connectivity index (χ3v) is 4.39. The van der Waals surface area contributed by atoms with Gasteiger partial charge in [-0.25, -0.2) is 0 Å². The monoisotopic (exact) mass is 348 g/mol. The Balaban J connectivity index is 2.14. The average Bonchev–Trinajstić information content (AvgIpc) is 2.64. The fourth-order valence-electron chi connectivity index (χ4n) is 2.07. The van der Waals surface area contributed by atoms with Crippen molar-refractivity contribution < 1.29 is 23.5 Å². The van der Waals surface area contributed by atoms with Gasteiger partial charge in [0.05, 0.1) is 28.3 Å². The van der Waals surface area contributed by atoms with Crippen LogP contribution >= 0.6 is 8.81 Å². The van der Waals surface area contributed by atoms with Crippen molar-refractivity contribution in [3.05, 3.63) is 48.0 Å². The number of Topliss-reactive ketones (excluding diaryl/α,β-unsaturated/α-hetero) is 1. The van der Waals surface area contributed by atoms with Gasteiger partial charge in [0, 0.05) is 24.3 Å². The van der Waals surface area contributed by atoms with E-state index >= 15 is 0 Å². The molecule has 5 nitrogen and oxygen atoms in total. The largest absolute Gasteiger partial charge is 0.496 e. The summed E-state index contributed by atoms with van der Waals surface area (Å²) in [7, 11) is 3.27. The van der Waals surface area contributed by atoms with E-state index in [1.807, 2.05) is 25.1 Å². The van der Waals surface area contributed by atoms with Crippen molar-refractivity contribution in [3.8, 4) is 17.2 Å². The minimum Gasteiger partial charge on any atom is -0.496 e. The Labute approximate surface area is 143 Å². The Kier molecular flexibility index (Phi) is 7.04. The Morgan fingerprint density at radius 2 is 1.67 bits per heavy atom. The molecule has 0 saturated heterocycles. The molecule has 0 aliphatic rings. The first-order chi connectivity index (χ1) is 11.7. The lowest BCUT2D eigenvalue weighted by atomic mass is 10.1. The number of hydrogen-bond donors (Lipinski definition) is 0. The first kappa shape index (κ1) is 18.2. The molecule has 128 valence electrons. The lowest BCUT2D eigenvalue weighted by Crippen LogP contribution is -2.13. The topological polar surface area (TPSA) is 54.0 Å². The van der Waals surface area contributed by atoms with Crippen LogP contribution in [0.2, 0.25) is 0 Å². The van der Waals surface area contributed by atoms with Crippen LogP contribution in [0.1, 0.15) is 17.3 Å². The van der Waals surface area contributed by atoms with Crippen LogP contribution in [0.5, 0.6) is 17.2 Å². The van der Waals surface area contributed by atoms with E-state index in [1.54, 1.807) is 38.5 Å². The van der Waals surface area contributed by atoms with Crippen LogP contribution in [-0.2, 0) is 4.52 Å². The minimum absolute atomic E-state index is 0.0522. The maximum absolute atomic E-state index is 12.1. The van der Waals surface area contributed by atoms with Crippen LogP contribution in [0.15, 0.2) is 42.5 Å². The Bertz CT molecular complexity index is 647. The second-order valence-electron chi connectivity index (χ2n) is 4.82.